The molecular formula is C16H23NO2. The maximum absolute atomic E-state index is 12.4. The Hall–Kier alpha value is -1.27. The van der Waals surface area contributed by atoms with Crippen molar-refractivity contribution < 1.29 is 9.90 Å². The zero-order chi connectivity index (χ0) is 14.0. The minimum atomic E-state index is -0.502. The number of aliphatic hydroxyl groups is 1. The van der Waals surface area contributed by atoms with E-state index in [1.807, 2.05) is 4.90 Å². The van der Waals surface area contributed by atoms with Crippen molar-refractivity contribution in [1.29, 1.82) is 0 Å². The van der Waals surface area contributed by atoms with Crippen LogP contribution in [0, 0.1) is 12.3 Å². The molecule has 2 rings (SSSR count). The fourth-order valence-corrected chi connectivity index (χ4v) is 3.54. The van der Waals surface area contributed by atoms with Gasteiger partial charge in [-0.3, -0.25) is 4.79 Å². The summed E-state index contributed by atoms with van der Waals surface area (Å²) < 4.78 is 0. The number of fused-ring (bicyclic) bond motifs is 1. The van der Waals surface area contributed by atoms with Crippen molar-refractivity contribution in [2.45, 2.75) is 69.6 Å². The smallest absolute Gasteiger partial charge is 0.224 e. The number of hydrogen-bond donors (Lipinski definition) is 1. The van der Waals surface area contributed by atoms with Gasteiger partial charge in [-0.05, 0) is 38.5 Å². The Kier molecular flexibility index (Phi) is 4.01. The van der Waals surface area contributed by atoms with E-state index in [0.29, 0.717) is 19.3 Å². The highest BCUT2D eigenvalue weighted by molar-refractivity contribution is 5.79. The second-order valence-electron chi connectivity index (χ2n) is 5.78. The average Bonchev–Trinajstić information content (AvgIpc) is 2.72. The zero-order valence-electron chi connectivity index (χ0n) is 11.7. The first-order valence-corrected chi connectivity index (χ1v) is 7.18. The van der Waals surface area contributed by atoms with Gasteiger partial charge in [0, 0.05) is 6.42 Å². The summed E-state index contributed by atoms with van der Waals surface area (Å²) in [5, 5.41) is 10.6. The van der Waals surface area contributed by atoms with Gasteiger partial charge in [0.15, 0.2) is 0 Å². The van der Waals surface area contributed by atoms with E-state index in [0.717, 1.165) is 31.3 Å². The molecule has 2 saturated heterocycles. The Morgan fingerprint density at radius 3 is 3.00 bits per heavy atom. The summed E-state index contributed by atoms with van der Waals surface area (Å²) in [5.74, 6) is 2.82. The number of rotatable bonds is 3. The monoisotopic (exact) mass is 261 g/mol. The highest BCUT2D eigenvalue weighted by Crippen LogP contribution is 2.44. The summed E-state index contributed by atoms with van der Waals surface area (Å²) in [5.41, 5.74) is 0.578. The molecule has 104 valence electrons. The van der Waals surface area contributed by atoms with Crippen LogP contribution in [0.1, 0.15) is 51.9 Å². The molecule has 0 aromatic carbocycles. The SMILES string of the molecule is C#C[C@@H]1CC[C@@]2(CC(=C)CC)[C@@H](O)CCCC(=O)N12. The van der Waals surface area contributed by atoms with Crippen LogP contribution in [-0.2, 0) is 4.79 Å². The lowest BCUT2D eigenvalue weighted by Gasteiger charge is -2.42. The molecule has 0 radical (unpaired) electrons. The molecule has 0 bridgehead atoms. The van der Waals surface area contributed by atoms with Crippen LogP contribution in [0.5, 0.6) is 0 Å². The molecule has 1 amide bonds. The van der Waals surface area contributed by atoms with E-state index in [1.165, 1.54) is 0 Å². The Balaban J connectivity index is 2.39. The molecule has 2 heterocycles. The summed E-state index contributed by atoms with van der Waals surface area (Å²) in [4.78, 5) is 14.2. The second-order valence-corrected chi connectivity index (χ2v) is 5.78. The van der Waals surface area contributed by atoms with Gasteiger partial charge in [-0.15, -0.1) is 6.42 Å². The highest BCUT2D eigenvalue weighted by Gasteiger charge is 2.53. The molecule has 3 atom stereocenters. The van der Waals surface area contributed by atoms with Gasteiger partial charge in [-0.25, -0.2) is 0 Å². The Morgan fingerprint density at radius 1 is 1.63 bits per heavy atom. The van der Waals surface area contributed by atoms with Crippen LogP contribution in [0.3, 0.4) is 0 Å². The van der Waals surface area contributed by atoms with Gasteiger partial charge in [-0.2, -0.15) is 0 Å². The molecule has 0 aromatic heterocycles. The minimum absolute atomic E-state index is 0.0981. The molecule has 2 aliphatic heterocycles. The van der Waals surface area contributed by atoms with Crippen LogP contribution in [0.25, 0.3) is 0 Å². The predicted octanol–water partition coefficient (Wildman–Crippen LogP) is 2.25. The van der Waals surface area contributed by atoms with Crippen LogP contribution >= 0.6 is 0 Å². The lowest BCUT2D eigenvalue weighted by Crippen LogP contribution is -2.56. The first-order valence-electron chi connectivity index (χ1n) is 7.18. The van der Waals surface area contributed by atoms with E-state index >= 15 is 0 Å². The molecule has 3 heteroatoms. The van der Waals surface area contributed by atoms with Crippen molar-refractivity contribution in [2.24, 2.45) is 0 Å². The number of carbonyl (C=O) groups is 1. The van der Waals surface area contributed by atoms with Gasteiger partial charge in [-0.1, -0.05) is 25.0 Å². The van der Waals surface area contributed by atoms with E-state index in [4.69, 9.17) is 6.42 Å². The van der Waals surface area contributed by atoms with Crippen LogP contribution in [0.2, 0.25) is 0 Å². The van der Waals surface area contributed by atoms with Crippen molar-refractivity contribution in [3.8, 4) is 12.3 Å². The van der Waals surface area contributed by atoms with E-state index in [1.54, 1.807) is 0 Å². The van der Waals surface area contributed by atoms with E-state index in [-0.39, 0.29) is 11.9 Å². The van der Waals surface area contributed by atoms with Gasteiger partial charge in [0.05, 0.1) is 17.7 Å². The molecule has 3 nitrogen and oxygen atoms in total. The minimum Gasteiger partial charge on any atom is -0.391 e. The van der Waals surface area contributed by atoms with Crippen molar-refractivity contribution in [1.82, 2.24) is 4.90 Å². The lowest BCUT2D eigenvalue weighted by molar-refractivity contribution is -0.139. The summed E-state index contributed by atoms with van der Waals surface area (Å²) in [6.45, 7) is 6.12. The number of amides is 1. The second kappa shape index (κ2) is 5.38. The van der Waals surface area contributed by atoms with Gasteiger partial charge in [0.1, 0.15) is 0 Å². The van der Waals surface area contributed by atoms with Gasteiger partial charge >= 0.3 is 0 Å². The Labute approximate surface area is 115 Å². The fourth-order valence-electron chi connectivity index (χ4n) is 3.54. The molecule has 1 N–H and O–H groups in total. The van der Waals surface area contributed by atoms with Crippen molar-refractivity contribution >= 4 is 5.91 Å². The fraction of sp³-hybridized carbons (Fsp3) is 0.688. The van der Waals surface area contributed by atoms with E-state index < -0.39 is 11.6 Å². The molecule has 0 aliphatic carbocycles. The number of hydrogen-bond acceptors (Lipinski definition) is 2. The third-order valence-electron chi connectivity index (χ3n) is 4.65. The van der Waals surface area contributed by atoms with Gasteiger partial charge < -0.3 is 10.0 Å². The third kappa shape index (κ3) is 2.30. The number of terminal acetylenes is 1. The molecule has 0 unspecified atom stereocenters. The molecule has 2 fully saturated rings. The van der Waals surface area contributed by atoms with Crippen LogP contribution < -0.4 is 0 Å². The third-order valence-corrected chi connectivity index (χ3v) is 4.65. The quantitative estimate of drug-likeness (QED) is 0.625. The molecule has 19 heavy (non-hydrogen) atoms. The zero-order valence-corrected chi connectivity index (χ0v) is 11.7. The first kappa shape index (κ1) is 14.1. The van der Waals surface area contributed by atoms with Gasteiger partial charge in [0.2, 0.25) is 5.91 Å². The van der Waals surface area contributed by atoms with E-state index in [2.05, 4.69) is 19.4 Å². The standard InChI is InChI=1S/C16H23NO2/c1-4-12(3)11-16-10-9-13(5-2)17(16)15(19)8-6-7-14(16)18/h2,13-14,18H,3-4,6-11H2,1H3/t13-,14+,16-/m1/s1. The van der Waals surface area contributed by atoms with Crippen molar-refractivity contribution in [2.75, 3.05) is 0 Å². The predicted molar refractivity (Wildman–Crippen MR) is 75.3 cm³/mol. The molecular weight excluding hydrogens is 238 g/mol. The van der Waals surface area contributed by atoms with E-state index in [9.17, 15) is 9.90 Å². The number of aliphatic hydroxyl groups excluding tert-OH is 1. The summed E-state index contributed by atoms with van der Waals surface area (Å²) in [6, 6.07) is -0.162. The normalized spacial score (nSPS) is 34.6. The largest absolute Gasteiger partial charge is 0.391 e. The highest BCUT2D eigenvalue weighted by atomic mass is 16.3. The maximum Gasteiger partial charge on any atom is 0.224 e. The molecule has 0 saturated carbocycles. The van der Waals surface area contributed by atoms with Crippen molar-refractivity contribution in [3.63, 3.8) is 0 Å². The number of nitrogens with zero attached hydrogens (tertiary/aromatic N) is 1. The Bertz CT molecular complexity index is 423. The topological polar surface area (TPSA) is 40.5 Å². The summed E-state index contributed by atoms with van der Waals surface area (Å²) >= 11 is 0. The molecule has 0 spiro atoms. The molecule has 0 aromatic rings. The number of carbonyl (C=O) groups excluding carboxylic acids is 1. The summed E-state index contributed by atoms with van der Waals surface area (Å²) in [7, 11) is 0. The lowest BCUT2D eigenvalue weighted by atomic mass is 9.81. The Morgan fingerprint density at radius 2 is 2.37 bits per heavy atom. The first-order chi connectivity index (χ1) is 9.05. The van der Waals surface area contributed by atoms with Crippen LogP contribution in [0.15, 0.2) is 12.2 Å². The van der Waals surface area contributed by atoms with Crippen molar-refractivity contribution in [3.05, 3.63) is 12.2 Å². The molecule has 2 aliphatic rings. The summed E-state index contributed by atoms with van der Waals surface area (Å²) in [6.07, 6.45) is 10.1. The maximum atomic E-state index is 12.4. The van der Waals surface area contributed by atoms with Crippen LogP contribution in [-0.4, -0.2) is 33.6 Å². The van der Waals surface area contributed by atoms with Crippen LogP contribution in [0.4, 0.5) is 0 Å². The average molecular weight is 261 g/mol. The van der Waals surface area contributed by atoms with Gasteiger partial charge in [0.25, 0.3) is 0 Å².